The SMILES string of the molecule is Cc1nn(C)c(C)c1[C@@H]1OCC[C@@H]1CNCc1cnn(C)c1. The van der Waals surface area contributed by atoms with Crippen LogP contribution in [-0.4, -0.2) is 32.7 Å². The summed E-state index contributed by atoms with van der Waals surface area (Å²) in [7, 11) is 3.94. The number of hydrogen-bond donors (Lipinski definition) is 1. The Labute approximate surface area is 131 Å². The lowest BCUT2D eigenvalue weighted by Gasteiger charge is -2.19. The van der Waals surface area contributed by atoms with Gasteiger partial charge >= 0.3 is 0 Å². The summed E-state index contributed by atoms with van der Waals surface area (Å²) in [6.45, 7) is 6.83. The minimum absolute atomic E-state index is 0.162. The number of aryl methyl sites for hydroxylation is 3. The summed E-state index contributed by atoms with van der Waals surface area (Å²) in [5.74, 6) is 0.498. The Morgan fingerprint density at radius 3 is 2.82 bits per heavy atom. The van der Waals surface area contributed by atoms with Gasteiger partial charge in [-0.15, -0.1) is 0 Å². The third-order valence-electron chi connectivity index (χ3n) is 4.56. The van der Waals surface area contributed by atoms with Crippen LogP contribution in [0.2, 0.25) is 0 Å². The topological polar surface area (TPSA) is 56.9 Å². The molecule has 2 atom stereocenters. The van der Waals surface area contributed by atoms with Crippen molar-refractivity contribution < 1.29 is 4.74 Å². The van der Waals surface area contributed by atoms with E-state index >= 15 is 0 Å². The van der Waals surface area contributed by atoms with Crippen molar-refractivity contribution in [3.63, 3.8) is 0 Å². The number of ether oxygens (including phenoxy) is 1. The predicted octanol–water partition coefficient (Wildman–Crippen LogP) is 1.64. The molecule has 0 unspecified atom stereocenters. The summed E-state index contributed by atoms with van der Waals surface area (Å²) in [4.78, 5) is 0. The maximum Gasteiger partial charge on any atom is 0.0901 e. The van der Waals surface area contributed by atoms with Crippen molar-refractivity contribution in [1.82, 2.24) is 24.9 Å². The first-order valence-corrected chi connectivity index (χ1v) is 7.86. The second-order valence-electron chi connectivity index (χ2n) is 6.20. The normalized spacial score (nSPS) is 21.6. The smallest absolute Gasteiger partial charge is 0.0901 e. The minimum atomic E-state index is 0.162. The van der Waals surface area contributed by atoms with Crippen molar-refractivity contribution in [2.45, 2.75) is 32.9 Å². The van der Waals surface area contributed by atoms with E-state index in [4.69, 9.17) is 4.74 Å². The van der Waals surface area contributed by atoms with Gasteiger partial charge in [-0.2, -0.15) is 10.2 Å². The Bertz CT molecular complexity index is 645. The predicted molar refractivity (Wildman–Crippen MR) is 84.4 cm³/mol. The lowest BCUT2D eigenvalue weighted by Crippen LogP contribution is -2.25. The van der Waals surface area contributed by atoms with Crippen LogP contribution in [-0.2, 0) is 25.4 Å². The Balaban J connectivity index is 1.63. The van der Waals surface area contributed by atoms with Crippen LogP contribution in [0.15, 0.2) is 12.4 Å². The monoisotopic (exact) mass is 303 g/mol. The molecule has 6 nitrogen and oxygen atoms in total. The zero-order chi connectivity index (χ0) is 15.7. The molecule has 1 aliphatic heterocycles. The van der Waals surface area contributed by atoms with Crippen molar-refractivity contribution in [2.24, 2.45) is 20.0 Å². The average Bonchev–Trinajstić information content (AvgIpc) is 3.14. The summed E-state index contributed by atoms with van der Waals surface area (Å²) in [6.07, 6.45) is 5.21. The lowest BCUT2D eigenvalue weighted by molar-refractivity contribution is 0.0893. The molecule has 22 heavy (non-hydrogen) atoms. The van der Waals surface area contributed by atoms with Crippen LogP contribution < -0.4 is 5.32 Å². The molecule has 1 aliphatic rings. The van der Waals surface area contributed by atoms with Gasteiger partial charge in [0, 0.05) is 62.7 Å². The molecular formula is C16H25N5O. The van der Waals surface area contributed by atoms with Crippen LogP contribution in [0.25, 0.3) is 0 Å². The van der Waals surface area contributed by atoms with Gasteiger partial charge in [-0.25, -0.2) is 0 Å². The van der Waals surface area contributed by atoms with Crippen molar-refractivity contribution in [1.29, 1.82) is 0 Å². The summed E-state index contributed by atoms with van der Waals surface area (Å²) in [5, 5.41) is 12.3. The highest BCUT2D eigenvalue weighted by Gasteiger charge is 2.33. The van der Waals surface area contributed by atoms with Gasteiger partial charge in [0.05, 0.1) is 18.0 Å². The number of rotatable bonds is 5. The fourth-order valence-corrected chi connectivity index (χ4v) is 3.33. The Morgan fingerprint density at radius 1 is 1.36 bits per heavy atom. The maximum atomic E-state index is 6.02. The first kappa shape index (κ1) is 15.2. The highest BCUT2D eigenvalue weighted by molar-refractivity contribution is 5.28. The fraction of sp³-hybridized carbons (Fsp3) is 0.625. The highest BCUT2D eigenvalue weighted by Crippen LogP contribution is 2.37. The van der Waals surface area contributed by atoms with E-state index in [1.165, 1.54) is 16.8 Å². The van der Waals surface area contributed by atoms with E-state index in [0.29, 0.717) is 5.92 Å². The van der Waals surface area contributed by atoms with Crippen LogP contribution >= 0.6 is 0 Å². The molecule has 3 rings (SSSR count). The summed E-state index contributed by atoms with van der Waals surface area (Å²) >= 11 is 0. The van der Waals surface area contributed by atoms with E-state index in [1.807, 2.05) is 35.9 Å². The minimum Gasteiger partial charge on any atom is -0.373 e. The third-order valence-corrected chi connectivity index (χ3v) is 4.56. The second-order valence-corrected chi connectivity index (χ2v) is 6.20. The van der Waals surface area contributed by atoms with E-state index in [-0.39, 0.29) is 6.10 Å². The molecule has 0 bridgehead atoms. The van der Waals surface area contributed by atoms with E-state index in [2.05, 4.69) is 29.4 Å². The van der Waals surface area contributed by atoms with Crippen LogP contribution in [0.1, 0.15) is 35.0 Å². The van der Waals surface area contributed by atoms with Gasteiger partial charge in [-0.1, -0.05) is 0 Å². The highest BCUT2D eigenvalue weighted by atomic mass is 16.5. The van der Waals surface area contributed by atoms with Crippen molar-refractivity contribution in [3.8, 4) is 0 Å². The summed E-state index contributed by atoms with van der Waals surface area (Å²) in [5.41, 5.74) is 4.78. The largest absolute Gasteiger partial charge is 0.373 e. The molecule has 1 saturated heterocycles. The molecular weight excluding hydrogens is 278 g/mol. The number of nitrogens with zero attached hydrogens (tertiary/aromatic N) is 4. The van der Waals surface area contributed by atoms with E-state index < -0.39 is 0 Å². The van der Waals surface area contributed by atoms with Gasteiger partial charge in [0.25, 0.3) is 0 Å². The van der Waals surface area contributed by atoms with Gasteiger partial charge in [-0.3, -0.25) is 9.36 Å². The summed E-state index contributed by atoms with van der Waals surface area (Å²) < 4.78 is 9.81. The molecule has 0 saturated carbocycles. The van der Waals surface area contributed by atoms with Crippen molar-refractivity contribution in [2.75, 3.05) is 13.2 Å². The molecule has 0 spiro atoms. The quantitative estimate of drug-likeness (QED) is 0.912. The second kappa shape index (κ2) is 6.22. The van der Waals surface area contributed by atoms with Gasteiger partial charge in [0.1, 0.15) is 0 Å². The molecule has 1 fully saturated rings. The molecule has 120 valence electrons. The fourth-order valence-electron chi connectivity index (χ4n) is 3.33. The van der Waals surface area contributed by atoms with Gasteiger partial charge in [0.2, 0.25) is 0 Å². The van der Waals surface area contributed by atoms with Gasteiger partial charge in [0.15, 0.2) is 0 Å². The molecule has 3 heterocycles. The van der Waals surface area contributed by atoms with Crippen molar-refractivity contribution in [3.05, 3.63) is 34.9 Å². The molecule has 2 aromatic heterocycles. The van der Waals surface area contributed by atoms with Crippen molar-refractivity contribution >= 4 is 0 Å². The van der Waals surface area contributed by atoms with Gasteiger partial charge < -0.3 is 10.1 Å². The number of hydrogen-bond acceptors (Lipinski definition) is 4. The number of nitrogens with one attached hydrogen (secondary N) is 1. The Hall–Kier alpha value is -1.66. The number of aromatic nitrogens is 4. The zero-order valence-electron chi connectivity index (χ0n) is 13.8. The average molecular weight is 303 g/mol. The van der Waals surface area contributed by atoms with E-state index in [0.717, 1.165) is 31.8 Å². The van der Waals surface area contributed by atoms with E-state index in [9.17, 15) is 0 Å². The standard InChI is InChI=1S/C16H25N5O/c1-11-15(12(2)21(4)19-11)16-14(5-6-22-16)9-17-7-13-8-18-20(3)10-13/h8,10,14,16-17H,5-7,9H2,1-4H3/t14-,16-/m1/s1. The van der Waals surface area contributed by atoms with Crippen LogP contribution in [0.5, 0.6) is 0 Å². The molecule has 0 aromatic carbocycles. The Morgan fingerprint density at radius 2 is 2.18 bits per heavy atom. The van der Waals surface area contributed by atoms with E-state index in [1.54, 1.807) is 0 Å². The Kier molecular flexibility index (Phi) is 4.31. The maximum absolute atomic E-state index is 6.02. The zero-order valence-corrected chi connectivity index (χ0v) is 13.8. The molecule has 0 amide bonds. The van der Waals surface area contributed by atoms with Gasteiger partial charge in [-0.05, 0) is 20.3 Å². The molecule has 6 heteroatoms. The first-order valence-electron chi connectivity index (χ1n) is 7.86. The van der Waals surface area contributed by atoms with Crippen LogP contribution in [0, 0.1) is 19.8 Å². The van der Waals surface area contributed by atoms with Crippen LogP contribution in [0.3, 0.4) is 0 Å². The molecule has 0 radical (unpaired) electrons. The first-order chi connectivity index (χ1) is 10.6. The lowest BCUT2D eigenvalue weighted by atomic mass is 9.94. The third kappa shape index (κ3) is 2.94. The molecule has 2 aromatic rings. The van der Waals surface area contributed by atoms with Crippen LogP contribution in [0.4, 0.5) is 0 Å². The summed E-state index contributed by atoms with van der Waals surface area (Å²) in [6, 6.07) is 0. The molecule has 0 aliphatic carbocycles. The molecule has 1 N–H and O–H groups in total.